The van der Waals surface area contributed by atoms with Crippen LogP contribution in [-0.4, -0.2) is 52.4 Å². The summed E-state index contributed by atoms with van der Waals surface area (Å²) in [5, 5.41) is 12.3. The fraction of sp³-hybridized carbons (Fsp3) is 0.500. The van der Waals surface area contributed by atoms with E-state index >= 15 is 0 Å². The Morgan fingerprint density at radius 3 is 2.56 bits per heavy atom. The number of carboxylic acid groups (broad SMARTS) is 1. The molecule has 0 spiro atoms. The summed E-state index contributed by atoms with van der Waals surface area (Å²) in [4.78, 5) is 38.5. The van der Waals surface area contributed by atoms with Crippen molar-refractivity contribution in [2.75, 3.05) is 29.9 Å². The van der Waals surface area contributed by atoms with Crippen LogP contribution in [-0.2, 0) is 9.59 Å². The van der Waals surface area contributed by atoms with Crippen molar-refractivity contribution >= 4 is 35.2 Å². The normalized spacial score (nSPS) is 22.8. The highest BCUT2D eigenvalue weighted by Crippen LogP contribution is 2.39. The number of aliphatic carboxylic acids is 1. The van der Waals surface area contributed by atoms with Crippen molar-refractivity contribution in [2.45, 2.75) is 25.7 Å². The van der Waals surface area contributed by atoms with Crippen LogP contribution in [0.5, 0.6) is 0 Å². The molecule has 1 unspecified atom stereocenters. The van der Waals surface area contributed by atoms with Crippen molar-refractivity contribution in [1.29, 1.82) is 0 Å². The van der Waals surface area contributed by atoms with Crippen molar-refractivity contribution in [3.8, 4) is 0 Å². The molecule has 2 heterocycles. The minimum Gasteiger partial charge on any atom is -0.481 e. The second-order valence-corrected chi connectivity index (χ2v) is 7.76. The number of para-hydroxylation sites is 1. The highest BCUT2D eigenvalue weighted by Gasteiger charge is 2.43. The summed E-state index contributed by atoms with van der Waals surface area (Å²) in [6, 6.07) is 6.92. The quantitative estimate of drug-likeness (QED) is 0.840. The second kappa shape index (κ2) is 7.47. The van der Waals surface area contributed by atoms with Gasteiger partial charge in [-0.05, 0) is 37.1 Å². The van der Waals surface area contributed by atoms with Crippen LogP contribution in [0.1, 0.15) is 36.0 Å². The number of hydrogen-bond donors (Lipinski definition) is 2. The van der Waals surface area contributed by atoms with E-state index in [1.165, 1.54) is 0 Å². The first-order chi connectivity index (χ1) is 12.0. The lowest BCUT2D eigenvalue weighted by molar-refractivity contribution is -0.149. The van der Waals surface area contributed by atoms with E-state index < -0.39 is 11.4 Å². The molecular formula is C18H22N2O4S. The van der Waals surface area contributed by atoms with E-state index in [-0.39, 0.29) is 18.2 Å². The molecule has 2 saturated heterocycles. The number of nitrogens with zero attached hydrogens (tertiary/aromatic N) is 1. The van der Waals surface area contributed by atoms with Crippen molar-refractivity contribution in [3.05, 3.63) is 29.8 Å². The monoisotopic (exact) mass is 362 g/mol. The zero-order chi connectivity index (χ0) is 17.9. The van der Waals surface area contributed by atoms with Crippen LogP contribution in [0.4, 0.5) is 5.69 Å². The highest BCUT2D eigenvalue weighted by molar-refractivity contribution is 7.99. The average Bonchev–Trinajstić information content (AvgIpc) is 3.27. The number of carbonyl (C=O) groups excluding carboxylic acids is 2. The van der Waals surface area contributed by atoms with E-state index in [0.717, 1.165) is 31.7 Å². The predicted molar refractivity (Wildman–Crippen MR) is 96.8 cm³/mol. The van der Waals surface area contributed by atoms with Gasteiger partial charge in [-0.15, -0.1) is 0 Å². The maximum Gasteiger partial charge on any atom is 0.311 e. The molecule has 3 rings (SSSR count). The van der Waals surface area contributed by atoms with Crippen molar-refractivity contribution in [3.63, 3.8) is 0 Å². The number of thioether (sulfide) groups is 1. The standard InChI is InChI=1S/C18H22N2O4S/c21-15(11-18(17(23)24)7-10-25-12-18)19-14-6-2-1-5-13(14)16(22)20-8-3-4-9-20/h1-2,5-6H,3-4,7-12H2,(H,19,21)(H,23,24). The summed E-state index contributed by atoms with van der Waals surface area (Å²) in [5.41, 5.74) is -0.0821. The molecule has 2 aliphatic rings. The molecule has 0 aromatic heterocycles. The lowest BCUT2D eigenvalue weighted by Gasteiger charge is -2.23. The number of amides is 2. The smallest absolute Gasteiger partial charge is 0.311 e. The first-order valence-electron chi connectivity index (χ1n) is 8.51. The third-order valence-corrected chi connectivity index (χ3v) is 6.13. The summed E-state index contributed by atoms with van der Waals surface area (Å²) in [6.07, 6.45) is 2.43. The Bertz CT molecular complexity index is 679. The van der Waals surface area contributed by atoms with E-state index in [4.69, 9.17) is 0 Å². The van der Waals surface area contributed by atoms with Crippen LogP contribution in [0.3, 0.4) is 0 Å². The summed E-state index contributed by atoms with van der Waals surface area (Å²) in [7, 11) is 0. The van der Waals surface area contributed by atoms with Gasteiger partial charge in [0, 0.05) is 25.3 Å². The fourth-order valence-corrected chi connectivity index (χ4v) is 4.80. The Hall–Kier alpha value is -2.02. The molecule has 0 radical (unpaired) electrons. The van der Waals surface area contributed by atoms with Gasteiger partial charge in [-0.2, -0.15) is 11.8 Å². The van der Waals surface area contributed by atoms with Gasteiger partial charge in [0.1, 0.15) is 0 Å². The zero-order valence-corrected chi connectivity index (χ0v) is 14.8. The number of hydrogen-bond acceptors (Lipinski definition) is 4. The van der Waals surface area contributed by atoms with E-state index in [2.05, 4.69) is 5.32 Å². The first kappa shape index (κ1) is 17.8. The Morgan fingerprint density at radius 2 is 1.92 bits per heavy atom. The molecule has 6 nitrogen and oxygen atoms in total. The molecule has 7 heteroatoms. The van der Waals surface area contributed by atoms with Crippen LogP contribution < -0.4 is 5.32 Å². The molecule has 2 amide bonds. The topological polar surface area (TPSA) is 86.7 Å². The Balaban J connectivity index is 1.73. The third kappa shape index (κ3) is 3.81. The van der Waals surface area contributed by atoms with Crippen LogP contribution in [0.25, 0.3) is 0 Å². The van der Waals surface area contributed by atoms with Crippen LogP contribution in [0.2, 0.25) is 0 Å². The molecule has 2 aliphatic heterocycles. The van der Waals surface area contributed by atoms with Crippen molar-refractivity contribution < 1.29 is 19.5 Å². The minimum atomic E-state index is -0.997. The zero-order valence-electron chi connectivity index (χ0n) is 14.0. The van der Waals surface area contributed by atoms with Crippen LogP contribution in [0.15, 0.2) is 24.3 Å². The van der Waals surface area contributed by atoms with Gasteiger partial charge in [-0.3, -0.25) is 14.4 Å². The summed E-state index contributed by atoms with van der Waals surface area (Å²) >= 11 is 1.56. The van der Waals surface area contributed by atoms with Gasteiger partial charge in [0.25, 0.3) is 5.91 Å². The molecule has 1 aromatic rings. The maximum absolute atomic E-state index is 12.6. The maximum atomic E-state index is 12.6. The van der Waals surface area contributed by atoms with Gasteiger partial charge < -0.3 is 15.3 Å². The lowest BCUT2D eigenvalue weighted by atomic mass is 9.84. The fourth-order valence-electron chi connectivity index (χ4n) is 3.36. The minimum absolute atomic E-state index is 0.0679. The van der Waals surface area contributed by atoms with Crippen LogP contribution >= 0.6 is 11.8 Å². The molecule has 25 heavy (non-hydrogen) atoms. The van der Waals surface area contributed by atoms with E-state index in [9.17, 15) is 19.5 Å². The molecule has 1 aromatic carbocycles. The number of nitrogens with one attached hydrogen (secondary N) is 1. The molecule has 134 valence electrons. The van der Waals surface area contributed by atoms with Crippen molar-refractivity contribution in [2.24, 2.45) is 5.41 Å². The summed E-state index contributed by atoms with van der Waals surface area (Å²) in [6.45, 7) is 1.47. The molecule has 0 aliphatic carbocycles. The number of likely N-dealkylation sites (tertiary alicyclic amines) is 1. The Labute approximate surface area is 151 Å². The second-order valence-electron chi connectivity index (χ2n) is 6.66. The number of carbonyl (C=O) groups is 3. The highest BCUT2D eigenvalue weighted by atomic mass is 32.2. The SMILES string of the molecule is O=C(CC1(C(=O)O)CCSC1)Nc1ccccc1C(=O)N1CCCC1. The van der Waals surface area contributed by atoms with E-state index in [0.29, 0.717) is 23.4 Å². The predicted octanol–water partition coefficient (Wildman–Crippen LogP) is 2.46. The number of benzene rings is 1. The molecule has 0 saturated carbocycles. The lowest BCUT2D eigenvalue weighted by Crippen LogP contribution is -2.35. The largest absolute Gasteiger partial charge is 0.481 e. The van der Waals surface area contributed by atoms with Gasteiger partial charge in [0.05, 0.1) is 16.7 Å². The number of anilines is 1. The number of carboxylic acids is 1. The van der Waals surface area contributed by atoms with Gasteiger partial charge in [0.2, 0.25) is 5.91 Å². The Morgan fingerprint density at radius 1 is 1.20 bits per heavy atom. The van der Waals surface area contributed by atoms with Crippen LogP contribution in [0, 0.1) is 5.41 Å². The average molecular weight is 362 g/mol. The molecule has 2 fully saturated rings. The van der Waals surface area contributed by atoms with Crippen molar-refractivity contribution in [1.82, 2.24) is 4.90 Å². The Kier molecular flexibility index (Phi) is 5.32. The molecule has 1 atom stereocenters. The first-order valence-corrected chi connectivity index (χ1v) is 9.67. The molecular weight excluding hydrogens is 340 g/mol. The van der Waals surface area contributed by atoms with E-state index in [1.54, 1.807) is 40.9 Å². The summed E-state index contributed by atoms with van der Waals surface area (Å²) in [5.74, 6) is -0.160. The third-order valence-electron chi connectivity index (χ3n) is 4.88. The molecule has 2 N–H and O–H groups in total. The number of rotatable bonds is 5. The van der Waals surface area contributed by atoms with Gasteiger partial charge >= 0.3 is 5.97 Å². The molecule has 0 bridgehead atoms. The van der Waals surface area contributed by atoms with Gasteiger partial charge in [0.15, 0.2) is 0 Å². The summed E-state index contributed by atoms with van der Waals surface area (Å²) < 4.78 is 0. The van der Waals surface area contributed by atoms with E-state index in [1.807, 2.05) is 0 Å². The van der Waals surface area contributed by atoms with Gasteiger partial charge in [-0.1, -0.05) is 12.1 Å². The van der Waals surface area contributed by atoms with Gasteiger partial charge in [-0.25, -0.2) is 0 Å².